The highest BCUT2D eigenvalue weighted by Gasteiger charge is 2.31. The fraction of sp³-hybridized carbons (Fsp3) is 0.750. The molecule has 1 aliphatic heterocycles. The van der Waals surface area contributed by atoms with Gasteiger partial charge in [-0.1, -0.05) is 5.16 Å². The molecule has 1 saturated carbocycles. The van der Waals surface area contributed by atoms with Gasteiger partial charge in [0.25, 0.3) is 0 Å². The second kappa shape index (κ2) is 4.55. The highest BCUT2D eigenvalue weighted by molar-refractivity contribution is 4.98. The van der Waals surface area contributed by atoms with Crippen LogP contribution in [0.3, 0.4) is 0 Å². The third-order valence-electron chi connectivity index (χ3n) is 3.54. The lowest BCUT2D eigenvalue weighted by Crippen LogP contribution is -2.38. The zero-order valence-corrected chi connectivity index (χ0v) is 9.56. The van der Waals surface area contributed by atoms with E-state index in [0.29, 0.717) is 6.04 Å². The fourth-order valence-corrected chi connectivity index (χ4v) is 2.51. The standard InChI is InChI=1S/C12H19N3O/c1-2-10(13-6-1)8-15(12-3-4-12)9-11-5-7-16-14-11/h5,7,10,12-13H,1-4,6,8-9H2/t10-/m0/s1. The van der Waals surface area contributed by atoms with Crippen molar-refractivity contribution in [3.05, 3.63) is 18.0 Å². The van der Waals surface area contributed by atoms with Gasteiger partial charge in [0.15, 0.2) is 0 Å². The van der Waals surface area contributed by atoms with E-state index < -0.39 is 0 Å². The Labute approximate surface area is 96.0 Å². The van der Waals surface area contributed by atoms with Crippen LogP contribution in [0, 0.1) is 0 Å². The maximum Gasteiger partial charge on any atom is 0.124 e. The predicted molar refractivity (Wildman–Crippen MR) is 61.0 cm³/mol. The molecule has 16 heavy (non-hydrogen) atoms. The maximum atomic E-state index is 4.89. The van der Waals surface area contributed by atoms with Gasteiger partial charge in [-0.25, -0.2) is 0 Å². The molecule has 3 rings (SSSR count). The molecular formula is C12H19N3O. The average molecular weight is 221 g/mol. The molecule has 1 saturated heterocycles. The molecule has 0 spiro atoms. The molecule has 2 aliphatic rings. The van der Waals surface area contributed by atoms with Crippen molar-refractivity contribution in [3.63, 3.8) is 0 Å². The smallest absolute Gasteiger partial charge is 0.124 e. The van der Waals surface area contributed by atoms with E-state index in [1.165, 1.54) is 32.2 Å². The van der Waals surface area contributed by atoms with Crippen molar-refractivity contribution in [3.8, 4) is 0 Å². The first-order chi connectivity index (χ1) is 7.92. The van der Waals surface area contributed by atoms with Crippen LogP contribution in [-0.2, 0) is 6.54 Å². The lowest BCUT2D eigenvalue weighted by Gasteiger charge is -2.24. The van der Waals surface area contributed by atoms with Gasteiger partial charge in [-0.15, -0.1) is 0 Å². The van der Waals surface area contributed by atoms with Crippen LogP contribution >= 0.6 is 0 Å². The zero-order chi connectivity index (χ0) is 10.8. The highest BCUT2D eigenvalue weighted by Crippen LogP contribution is 2.28. The number of aromatic nitrogens is 1. The Balaban J connectivity index is 1.57. The first kappa shape index (κ1) is 10.3. The Kier molecular flexibility index (Phi) is 2.93. The van der Waals surface area contributed by atoms with Gasteiger partial charge in [0, 0.05) is 31.2 Å². The van der Waals surface area contributed by atoms with E-state index in [-0.39, 0.29) is 0 Å². The Morgan fingerprint density at radius 3 is 3.00 bits per heavy atom. The van der Waals surface area contributed by atoms with E-state index in [4.69, 9.17) is 4.52 Å². The van der Waals surface area contributed by atoms with E-state index in [0.717, 1.165) is 24.8 Å². The summed E-state index contributed by atoms with van der Waals surface area (Å²) in [5.74, 6) is 0. The van der Waals surface area contributed by atoms with Crippen molar-refractivity contribution in [2.24, 2.45) is 0 Å². The molecule has 1 aromatic rings. The molecule has 0 amide bonds. The number of hydrogen-bond acceptors (Lipinski definition) is 4. The minimum Gasteiger partial charge on any atom is -0.364 e. The second-order valence-electron chi connectivity index (χ2n) is 4.94. The van der Waals surface area contributed by atoms with Gasteiger partial charge in [-0.05, 0) is 32.2 Å². The van der Waals surface area contributed by atoms with Crippen molar-refractivity contribution in [1.29, 1.82) is 0 Å². The molecule has 88 valence electrons. The Bertz CT molecular complexity index is 315. The third-order valence-corrected chi connectivity index (χ3v) is 3.54. The van der Waals surface area contributed by atoms with E-state index in [1.807, 2.05) is 6.07 Å². The SMILES string of the molecule is c1cc(CN(C[C@@H]2CCCN2)C2CC2)no1. The minimum atomic E-state index is 0.688. The maximum absolute atomic E-state index is 4.89. The first-order valence-corrected chi connectivity index (χ1v) is 6.28. The summed E-state index contributed by atoms with van der Waals surface area (Å²) < 4.78 is 4.89. The van der Waals surface area contributed by atoms with Crippen LogP contribution in [0.5, 0.6) is 0 Å². The summed E-state index contributed by atoms with van der Waals surface area (Å²) in [4.78, 5) is 2.56. The molecule has 1 aromatic heterocycles. The van der Waals surface area contributed by atoms with Crippen molar-refractivity contribution in [2.45, 2.75) is 44.3 Å². The Morgan fingerprint density at radius 1 is 1.44 bits per heavy atom. The zero-order valence-electron chi connectivity index (χ0n) is 9.56. The fourth-order valence-electron chi connectivity index (χ4n) is 2.51. The van der Waals surface area contributed by atoms with Gasteiger partial charge in [0.05, 0.1) is 5.69 Å². The summed E-state index contributed by atoms with van der Waals surface area (Å²) in [5, 5.41) is 7.57. The molecule has 4 nitrogen and oxygen atoms in total. The number of nitrogens with one attached hydrogen (secondary N) is 1. The molecular weight excluding hydrogens is 202 g/mol. The summed E-state index contributed by atoms with van der Waals surface area (Å²) in [7, 11) is 0. The lowest BCUT2D eigenvalue weighted by atomic mass is 10.2. The van der Waals surface area contributed by atoms with Crippen LogP contribution in [0.4, 0.5) is 0 Å². The summed E-state index contributed by atoms with van der Waals surface area (Å²) in [5.41, 5.74) is 1.06. The van der Waals surface area contributed by atoms with E-state index in [2.05, 4.69) is 15.4 Å². The van der Waals surface area contributed by atoms with E-state index >= 15 is 0 Å². The molecule has 1 N–H and O–H groups in total. The molecule has 0 radical (unpaired) electrons. The van der Waals surface area contributed by atoms with Crippen LogP contribution in [0.25, 0.3) is 0 Å². The van der Waals surface area contributed by atoms with Crippen LogP contribution < -0.4 is 5.32 Å². The molecule has 1 atom stereocenters. The molecule has 0 aromatic carbocycles. The summed E-state index contributed by atoms with van der Waals surface area (Å²) >= 11 is 0. The summed E-state index contributed by atoms with van der Waals surface area (Å²) in [6, 6.07) is 3.45. The molecule has 0 unspecified atom stereocenters. The normalized spacial score (nSPS) is 25.4. The van der Waals surface area contributed by atoms with Crippen LogP contribution in [0.15, 0.2) is 16.9 Å². The number of hydrogen-bond donors (Lipinski definition) is 1. The summed E-state index contributed by atoms with van der Waals surface area (Å²) in [6.45, 7) is 3.30. The van der Waals surface area contributed by atoms with Crippen molar-refractivity contribution < 1.29 is 4.52 Å². The first-order valence-electron chi connectivity index (χ1n) is 6.28. The molecule has 2 heterocycles. The molecule has 2 fully saturated rings. The van der Waals surface area contributed by atoms with E-state index in [1.54, 1.807) is 6.26 Å². The quantitative estimate of drug-likeness (QED) is 0.816. The number of nitrogens with zero attached hydrogens (tertiary/aromatic N) is 2. The monoisotopic (exact) mass is 221 g/mol. The van der Waals surface area contributed by atoms with Gasteiger partial charge in [-0.3, -0.25) is 4.90 Å². The van der Waals surface area contributed by atoms with Gasteiger partial charge >= 0.3 is 0 Å². The molecule has 1 aliphatic carbocycles. The van der Waals surface area contributed by atoms with Gasteiger partial charge in [0.1, 0.15) is 6.26 Å². The van der Waals surface area contributed by atoms with Crippen molar-refractivity contribution in [2.75, 3.05) is 13.1 Å². The van der Waals surface area contributed by atoms with Crippen LogP contribution in [0.1, 0.15) is 31.4 Å². The number of rotatable bonds is 5. The lowest BCUT2D eigenvalue weighted by molar-refractivity contribution is 0.224. The topological polar surface area (TPSA) is 41.3 Å². The van der Waals surface area contributed by atoms with Crippen molar-refractivity contribution in [1.82, 2.24) is 15.4 Å². The summed E-state index contributed by atoms with van der Waals surface area (Å²) in [6.07, 6.45) is 7.01. The van der Waals surface area contributed by atoms with E-state index in [9.17, 15) is 0 Å². The minimum absolute atomic E-state index is 0.688. The Hall–Kier alpha value is -0.870. The van der Waals surface area contributed by atoms with Gasteiger partial charge in [0.2, 0.25) is 0 Å². The van der Waals surface area contributed by atoms with Gasteiger partial charge < -0.3 is 9.84 Å². The van der Waals surface area contributed by atoms with Crippen LogP contribution in [-0.4, -0.2) is 35.2 Å². The van der Waals surface area contributed by atoms with Gasteiger partial charge in [-0.2, -0.15) is 0 Å². The molecule has 4 heteroatoms. The predicted octanol–water partition coefficient (Wildman–Crippen LogP) is 1.39. The highest BCUT2D eigenvalue weighted by atomic mass is 16.5. The second-order valence-corrected chi connectivity index (χ2v) is 4.94. The third kappa shape index (κ3) is 2.44. The average Bonchev–Trinajstić information content (AvgIpc) is 2.79. The largest absolute Gasteiger partial charge is 0.364 e. The van der Waals surface area contributed by atoms with Crippen molar-refractivity contribution >= 4 is 0 Å². The molecule has 0 bridgehead atoms. The Morgan fingerprint density at radius 2 is 2.38 bits per heavy atom. The van der Waals surface area contributed by atoms with Crippen LogP contribution in [0.2, 0.25) is 0 Å².